The largest absolute Gasteiger partial charge is 0.477 e. The van der Waals surface area contributed by atoms with E-state index in [1.54, 1.807) is 6.07 Å². The van der Waals surface area contributed by atoms with Gasteiger partial charge in [-0.25, -0.2) is 4.98 Å². The summed E-state index contributed by atoms with van der Waals surface area (Å²) in [5.74, 6) is 1.22. The summed E-state index contributed by atoms with van der Waals surface area (Å²) in [5.41, 5.74) is 1.46. The minimum atomic E-state index is 0.575. The molecule has 1 aliphatic rings. The van der Waals surface area contributed by atoms with Crippen LogP contribution < -0.4 is 4.74 Å². The molecule has 20 heavy (non-hydrogen) atoms. The lowest BCUT2D eigenvalue weighted by Gasteiger charge is -2.21. The Kier molecular flexibility index (Phi) is 3.83. The third-order valence-corrected chi connectivity index (χ3v) is 4.00. The first kappa shape index (κ1) is 12.9. The monoisotopic (exact) mass is 266 g/mol. The molecular weight excluding hydrogens is 248 g/mol. The Balaban J connectivity index is 1.79. The highest BCUT2D eigenvalue weighted by Gasteiger charge is 2.14. The van der Waals surface area contributed by atoms with Gasteiger partial charge in [0.15, 0.2) is 0 Å². The van der Waals surface area contributed by atoms with Crippen LogP contribution in [-0.2, 0) is 0 Å². The molecule has 3 nitrogen and oxygen atoms in total. The maximum atomic E-state index is 9.24. The second kappa shape index (κ2) is 5.92. The summed E-state index contributed by atoms with van der Waals surface area (Å²) >= 11 is 0. The Morgan fingerprint density at radius 1 is 1.20 bits per heavy atom. The number of hydrogen-bond acceptors (Lipinski definition) is 3. The fourth-order valence-corrected chi connectivity index (χ4v) is 2.87. The van der Waals surface area contributed by atoms with E-state index < -0.39 is 0 Å². The molecule has 1 fully saturated rings. The molecule has 0 spiro atoms. The Bertz CT molecular complexity index is 639. The molecule has 0 N–H and O–H groups in total. The number of benzene rings is 1. The first-order valence-electron chi connectivity index (χ1n) is 7.29. The van der Waals surface area contributed by atoms with E-state index in [9.17, 15) is 5.26 Å². The molecule has 1 aromatic carbocycles. The number of rotatable bonds is 3. The first-order chi connectivity index (χ1) is 9.86. The number of fused-ring (bicyclic) bond motifs is 1. The molecule has 3 heteroatoms. The maximum absolute atomic E-state index is 9.24. The van der Waals surface area contributed by atoms with E-state index in [1.807, 2.05) is 24.3 Å². The van der Waals surface area contributed by atoms with Gasteiger partial charge in [0.1, 0.15) is 6.07 Å². The van der Waals surface area contributed by atoms with Gasteiger partial charge in [-0.15, -0.1) is 0 Å². The van der Waals surface area contributed by atoms with E-state index in [1.165, 1.54) is 32.1 Å². The summed E-state index contributed by atoms with van der Waals surface area (Å²) in [4.78, 5) is 4.49. The van der Waals surface area contributed by atoms with Crippen molar-refractivity contribution in [2.24, 2.45) is 5.92 Å². The molecule has 0 bridgehead atoms. The lowest BCUT2D eigenvalue weighted by molar-refractivity contribution is 0.203. The summed E-state index contributed by atoms with van der Waals surface area (Å²) in [6, 6.07) is 11.7. The van der Waals surface area contributed by atoms with Crippen LogP contribution in [0.1, 0.15) is 37.7 Å². The van der Waals surface area contributed by atoms with Crippen LogP contribution in [-0.4, -0.2) is 11.6 Å². The van der Waals surface area contributed by atoms with E-state index in [0.717, 1.165) is 17.5 Å². The highest BCUT2D eigenvalue weighted by atomic mass is 16.5. The summed E-state index contributed by atoms with van der Waals surface area (Å²) < 4.78 is 5.83. The van der Waals surface area contributed by atoms with Crippen LogP contribution in [0.25, 0.3) is 10.9 Å². The number of para-hydroxylation sites is 1. The molecule has 0 radical (unpaired) electrons. The second-order valence-electron chi connectivity index (χ2n) is 5.45. The minimum absolute atomic E-state index is 0.575. The van der Waals surface area contributed by atoms with E-state index in [-0.39, 0.29) is 0 Å². The average Bonchev–Trinajstić information content (AvgIpc) is 2.53. The van der Waals surface area contributed by atoms with E-state index in [4.69, 9.17) is 4.74 Å². The van der Waals surface area contributed by atoms with E-state index in [0.29, 0.717) is 17.4 Å². The van der Waals surface area contributed by atoms with Crippen LogP contribution in [0.15, 0.2) is 30.3 Å². The van der Waals surface area contributed by atoms with Gasteiger partial charge in [-0.1, -0.05) is 37.5 Å². The molecule has 3 rings (SSSR count). The molecule has 1 saturated carbocycles. The number of nitrogens with zero attached hydrogens (tertiary/aromatic N) is 2. The van der Waals surface area contributed by atoms with E-state index in [2.05, 4.69) is 11.1 Å². The van der Waals surface area contributed by atoms with Gasteiger partial charge in [0.25, 0.3) is 0 Å². The SMILES string of the molecule is N#Cc1cc(OCC2CCCCC2)nc2ccccc12. The number of aromatic nitrogens is 1. The van der Waals surface area contributed by atoms with Crippen LogP contribution in [0.4, 0.5) is 0 Å². The molecule has 1 heterocycles. The molecular formula is C17H18N2O. The number of pyridine rings is 1. The van der Waals surface area contributed by atoms with E-state index >= 15 is 0 Å². The standard InChI is InChI=1S/C17H18N2O/c18-11-14-10-17(19-16-9-5-4-8-15(14)16)20-12-13-6-2-1-3-7-13/h4-5,8-10,13H,1-3,6-7,12H2. The molecule has 2 aromatic rings. The van der Waals surface area contributed by atoms with Crippen molar-refractivity contribution in [1.29, 1.82) is 5.26 Å². The Morgan fingerprint density at radius 3 is 2.80 bits per heavy atom. The molecule has 0 saturated heterocycles. The molecule has 1 aliphatic carbocycles. The van der Waals surface area contributed by atoms with Gasteiger partial charge in [0.2, 0.25) is 5.88 Å². The highest BCUT2D eigenvalue weighted by molar-refractivity contribution is 5.85. The smallest absolute Gasteiger partial charge is 0.215 e. The van der Waals surface area contributed by atoms with Crippen molar-refractivity contribution in [1.82, 2.24) is 4.98 Å². The van der Waals surface area contributed by atoms with Crippen molar-refractivity contribution >= 4 is 10.9 Å². The zero-order valence-corrected chi connectivity index (χ0v) is 11.5. The maximum Gasteiger partial charge on any atom is 0.215 e. The lowest BCUT2D eigenvalue weighted by Crippen LogP contribution is -2.15. The second-order valence-corrected chi connectivity index (χ2v) is 5.45. The molecule has 102 valence electrons. The van der Waals surface area contributed by atoms with Gasteiger partial charge in [0.05, 0.1) is 17.7 Å². The first-order valence-corrected chi connectivity index (χ1v) is 7.29. The summed E-state index contributed by atoms with van der Waals surface area (Å²) in [7, 11) is 0. The Labute approximate surface area is 119 Å². The Morgan fingerprint density at radius 2 is 2.00 bits per heavy atom. The Hall–Kier alpha value is -2.08. The highest BCUT2D eigenvalue weighted by Crippen LogP contribution is 2.26. The molecule has 0 unspecified atom stereocenters. The van der Waals surface area contributed by atoms with Crippen molar-refractivity contribution in [2.75, 3.05) is 6.61 Å². The zero-order chi connectivity index (χ0) is 13.8. The van der Waals surface area contributed by atoms with Gasteiger partial charge in [-0.2, -0.15) is 5.26 Å². The quantitative estimate of drug-likeness (QED) is 0.841. The number of nitriles is 1. The molecule has 0 atom stereocenters. The van der Waals surface area contributed by atoms with Gasteiger partial charge < -0.3 is 4.74 Å². The lowest BCUT2D eigenvalue weighted by atomic mass is 9.90. The third kappa shape index (κ3) is 2.75. The topological polar surface area (TPSA) is 45.9 Å². The van der Waals surface area contributed by atoms with Crippen molar-refractivity contribution in [3.8, 4) is 11.9 Å². The average molecular weight is 266 g/mol. The van der Waals surface area contributed by atoms with Gasteiger partial charge in [-0.05, 0) is 24.8 Å². The predicted molar refractivity (Wildman–Crippen MR) is 78.5 cm³/mol. The van der Waals surface area contributed by atoms with Gasteiger partial charge in [0, 0.05) is 11.5 Å². The molecule has 0 amide bonds. The van der Waals surface area contributed by atoms with Crippen LogP contribution in [0, 0.1) is 17.2 Å². The fraction of sp³-hybridized carbons (Fsp3) is 0.412. The minimum Gasteiger partial charge on any atom is -0.477 e. The molecule has 0 aliphatic heterocycles. The van der Waals surface area contributed by atoms with Gasteiger partial charge >= 0.3 is 0 Å². The van der Waals surface area contributed by atoms with Crippen molar-refractivity contribution < 1.29 is 4.74 Å². The van der Waals surface area contributed by atoms with Crippen LogP contribution in [0.2, 0.25) is 0 Å². The fourth-order valence-electron chi connectivity index (χ4n) is 2.87. The normalized spacial score (nSPS) is 15.9. The summed E-state index contributed by atoms with van der Waals surface area (Å²) in [6.07, 6.45) is 6.46. The van der Waals surface area contributed by atoms with Gasteiger partial charge in [-0.3, -0.25) is 0 Å². The molecule has 1 aromatic heterocycles. The van der Waals surface area contributed by atoms with Crippen LogP contribution in [0.5, 0.6) is 5.88 Å². The van der Waals surface area contributed by atoms with Crippen molar-refractivity contribution in [2.45, 2.75) is 32.1 Å². The summed E-state index contributed by atoms with van der Waals surface area (Å²) in [5, 5.41) is 10.1. The predicted octanol–water partition coefficient (Wildman–Crippen LogP) is 4.07. The third-order valence-electron chi connectivity index (χ3n) is 4.00. The number of ether oxygens (including phenoxy) is 1. The number of hydrogen-bond donors (Lipinski definition) is 0. The van der Waals surface area contributed by atoms with Crippen LogP contribution >= 0.6 is 0 Å². The zero-order valence-electron chi connectivity index (χ0n) is 11.5. The van der Waals surface area contributed by atoms with Crippen molar-refractivity contribution in [3.63, 3.8) is 0 Å². The summed E-state index contributed by atoms with van der Waals surface area (Å²) in [6.45, 7) is 0.718. The van der Waals surface area contributed by atoms with Crippen LogP contribution in [0.3, 0.4) is 0 Å². The van der Waals surface area contributed by atoms with Crippen molar-refractivity contribution in [3.05, 3.63) is 35.9 Å².